The van der Waals surface area contributed by atoms with Gasteiger partial charge in [0.05, 0.1) is 6.26 Å². The number of carbonyl (C=O) groups is 1. The Kier molecular flexibility index (Phi) is 4.22. The minimum atomic E-state index is -3.98. The van der Waals surface area contributed by atoms with E-state index in [1.54, 1.807) is 12.1 Å². The molecule has 0 bridgehead atoms. The maximum Gasteiger partial charge on any atom is 0.345 e. The zero-order chi connectivity index (χ0) is 17.2. The van der Waals surface area contributed by atoms with Gasteiger partial charge in [-0.25, -0.2) is 4.31 Å². The minimum Gasteiger partial charge on any atom is -0.463 e. The van der Waals surface area contributed by atoms with Crippen molar-refractivity contribution >= 4 is 21.8 Å². The van der Waals surface area contributed by atoms with E-state index in [9.17, 15) is 13.2 Å². The van der Waals surface area contributed by atoms with E-state index < -0.39 is 16.1 Å². The maximum absolute atomic E-state index is 12.4. The van der Waals surface area contributed by atoms with Crippen LogP contribution in [-0.4, -0.2) is 31.4 Å². The average molecular weight is 345 g/mol. The highest BCUT2D eigenvalue weighted by Crippen LogP contribution is 2.19. The van der Waals surface area contributed by atoms with Gasteiger partial charge < -0.3 is 9.73 Å². The molecule has 2 heterocycles. The molecule has 0 aliphatic carbocycles. The molecule has 1 N–H and O–H groups in total. The van der Waals surface area contributed by atoms with Crippen molar-refractivity contribution in [3.8, 4) is 0 Å². The Bertz CT molecular complexity index is 900. The van der Waals surface area contributed by atoms with E-state index in [1.165, 1.54) is 19.4 Å². The lowest BCUT2D eigenvalue weighted by Crippen LogP contribution is -2.38. The van der Waals surface area contributed by atoms with Gasteiger partial charge in [0, 0.05) is 13.6 Å². The monoisotopic (exact) mass is 345 g/mol. The van der Waals surface area contributed by atoms with Crippen molar-refractivity contribution in [2.24, 2.45) is 4.40 Å². The van der Waals surface area contributed by atoms with Crippen LogP contribution in [0, 0.1) is 0 Å². The molecule has 1 aliphatic heterocycles. The second-order valence-electron chi connectivity index (χ2n) is 5.10. The topological polar surface area (TPSA) is 92.0 Å². The molecule has 0 saturated heterocycles. The summed E-state index contributed by atoms with van der Waals surface area (Å²) in [5.74, 6) is -0.232. The predicted octanol–water partition coefficient (Wildman–Crippen LogP) is 1.46. The molecule has 3 rings (SSSR count). The average Bonchev–Trinajstić information content (AvgIpc) is 3.10. The molecule has 24 heavy (non-hydrogen) atoms. The first kappa shape index (κ1) is 16.0. The van der Waals surface area contributed by atoms with E-state index in [4.69, 9.17) is 4.42 Å². The van der Waals surface area contributed by atoms with Gasteiger partial charge in [-0.15, -0.1) is 4.40 Å². The first-order chi connectivity index (χ1) is 11.5. The van der Waals surface area contributed by atoms with Crippen LogP contribution in [0.5, 0.6) is 0 Å². The SMILES string of the molecule is CN1C(C(=O)NCc2ccccc2)=CC(c2ccco2)=NS1(=O)=O. The fraction of sp³-hybridized carbons (Fsp3) is 0.125. The Balaban J connectivity index is 1.85. The molecule has 0 atom stereocenters. The number of nitrogens with one attached hydrogen (secondary N) is 1. The first-order valence-electron chi connectivity index (χ1n) is 7.14. The Morgan fingerprint density at radius 2 is 1.96 bits per heavy atom. The maximum atomic E-state index is 12.4. The van der Waals surface area contributed by atoms with Gasteiger partial charge in [0.25, 0.3) is 5.91 Å². The van der Waals surface area contributed by atoms with Crippen molar-refractivity contribution < 1.29 is 17.6 Å². The molecule has 1 aliphatic rings. The summed E-state index contributed by atoms with van der Waals surface area (Å²) < 4.78 is 34.0. The van der Waals surface area contributed by atoms with Crippen LogP contribution < -0.4 is 5.32 Å². The summed E-state index contributed by atoms with van der Waals surface area (Å²) in [5.41, 5.74) is 0.975. The molecule has 7 nitrogen and oxygen atoms in total. The van der Waals surface area contributed by atoms with Crippen LogP contribution in [0.2, 0.25) is 0 Å². The molecule has 8 heteroatoms. The number of furan rings is 1. The number of nitrogens with zero attached hydrogens (tertiary/aromatic N) is 2. The predicted molar refractivity (Wildman–Crippen MR) is 88.3 cm³/mol. The first-order valence-corrected chi connectivity index (χ1v) is 8.53. The second-order valence-corrected chi connectivity index (χ2v) is 6.72. The summed E-state index contributed by atoms with van der Waals surface area (Å²) in [5, 5.41) is 2.70. The van der Waals surface area contributed by atoms with Crippen molar-refractivity contribution in [3.05, 3.63) is 71.8 Å². The third-order valence-electron chi connectivity index (χ3n) is 3.47. The molecular weight excluding hydrogens is 330 g/mol. The Labute approximate surface area is 139 Å². The highest BCUT2D eigenvalue weighted by Gasteiger charge is 2.30. The lowest BCUT2D eigenvalue weighted by atomic mass is 10.2. The zero-order valence-corrected chi connectivity index (χ0v) is 13.7. The summed E-state index contributed by atoms with van der Waals surface area (Å²) in [7, 11) is -2.70. The smallest absolute Gasteiger partial charge is 0.345 e. The summed E-state index contributed by atoms with van der Waals surface area (Å²) in [4.78, 5) is 12.4. The summed E-state index contributed by atoms with van der Waals surface area (Å²) in [6, 6.07) is 12.5. The molecule has 2 aromatic rings. The molecule has 0 saturated carbocycles. The van der Waals surface area contributed by atoms with Crippen LogP contribution in [0.3, 0.4) is 0 Å². The van der Waals surface area contributed by atoms with Gasteiger partial charge in [0.1, 0.15) is 11.4 Å². The summed E-state index contributed by atoms with van der Waals surface area (Å²) in [6.45, 7) is 0.290. The highest BCUT2D eigenvalue weighted by molar-refractivity contribution is 7.88. The van der Waals surface area contributed by atoms with Gasteiger partial charge >= 0.3 is 10.2 Å². The number of likely N-dealkylation sites (N-methyl/N-ethyl adjacent to an activating group) is 1. The molecule has 0 spiro atoms. The fourth-order valence-corrected chi connectivity index (χ4v) is 3.07. The molecule has 1 amide bonds. The van der Waals surface area contributed by atoms with Crippen LogP contribution in [0.4, 0.5) is 0 Å². The number of hydrogen-bond donors (Lipinski definition) is 1. The Morgan fingerprint density at radius 1 is 1.21 bits per heavy atom. The normalized spacial score (nSPS) is 16.3. The number of benzene rings is 1. The number of amides is 1. The van der Waals surface area contributed by atoms with Crippen molar-refractivity contribution in [2.45, 2.75) is 6.54 Å². The van der Waals surface area contributed by atoms with Gasteiger partial charge in [-0.3, -0.25) is 4.79 Å². The summed E-state index contributed by atoms with van der Waals surface area (Å²) >= 11 is 0. The highest BCUT2D eigenvalue weighted by atomic mass is 32.2. The molecule has 1 aromatic heterocycles. The Hall–Kier alpha value is -2.87. The van der Waals surface area contributed by atoms with Crippen LogP contribution in [-0.2, 0) is 21.5 Å². The second kappa shape index (κ2) is 6.32. The van der Waals surface area contributed by atoms with E-state index >= 15 is 0 Å². The fourth-order valence-electron chi connectivity index (χ4n) is 2.17. The lowest BCUT2D eigenvalue weighted by molar-refractivity contribution is -0.118. The van der Waals surface area contributed by atoms with Gasteiger partial charge in [-0.2, -0.15) is 8.42 Å². The molecular formula is C16H15N3O4S. The molecule has 0 radical (unpaired) electrons. The number of hydrogen-bond acceptors (Lipinski definition) is 4. The third kappa shape index (κ3) is 3.23. The van der Waals surface area contributed by atoms with E-state index in [1.807, 2.05) is 30.3 Å². The van der Waals surface area contributed by atoms with Crippen LogP contribution in [0.1, 0.15) is 11.3 Å². The lowest BCUT2D eigenvalue weighted by Gasteiger charge is -2.23. The third-order valence-corrected chi connectivity index (χ3v) is 4.79. The van der Waals surface area contributed by atoms with Crippen LogP contribution >= 0.6 is 0 Å². The van der Waals surface area contributed by atoms with Crippen molar-refractivity contribution in [1.29, 1.82) is 0 Å². The van der Waals surface area contributed by atoms with Gasteiger partial charge in [-0.05, 0) is 23.8 Å². The number of rotatable bonds is 4. The number of allylic oxidation sites excluding steroid dienone is 1. The summed E-state index contributed by atoms with van der Waals surface area (Å²) in [6.07, 6.45) is 2.80. The molecule has 1 aromatic carbocycles. The van der Waals surface area contributed by atoms with E-state index in [-0.39, 0.29) is 23.7 Å². The largest absolute Gasteiger partial charge is 0.463 e. The Morgan fingerprint density at radius 3 is 2.62 bits per heavy atom. The van der Waals surface area contributed by atoms with Gasteiger partial charge in [0.2, 0.25) is 0 Å². The van der Waals surface area contributed by atoms with Gasteiger partial charge in [0.15, 0.2) is 5.76 Å². The molecule has 124 valence electrons. The van der Waals surface area contributed by atoms with Gasteiger partial charge in [-0.1, -0.05) is 30.3 Å². The van der Waals surface area contributed by atoms with Crippen molar-refractivity contribution in [2.75, 3.05) is 7.05 Å². The van der Waals surface area contributed by atoms with Crippen LogP contribution in [0.25, 0.3) is 0 Å². The number of carbonyl (C=O) groups excluding carboxylic acids is 1. The standard InChI is InChI=1S/C16H15N3O4S/c1-19-14(16(20)17-11-12-6-3-2-4-7-12)10-13(18-24(19,21)22)15-8-5-9-23-15/h2-10H,11H2,1H3,(H,17,20). The molecule has 0 fully saturated rings. The van der Waals surface area contributed by atoms with Crippen molar-refractivity contribution in [3.63, 3.8) is 0 Å². The minimum absolute atomic E-state index is 0.0210. The quantitative estimate of drug-likeness (QED) is 0.908. The van der Waals surface area contributed by atoms with E-state index in [0.717, 1.165) is 9.87 Å². The van der Waals surface area contributed by atoms with E-state index in [2.05, 4.69) is 9.71 Å². The van der Waals surface area contributed by atoms with E-state index in [0.29, 0.717) is 0 Å². The zero-order valence-electron chi connectivity index (χ0n) is 12.8. The van der Waals surface area contributed by atoms with Crippen LogP contribution in [0.15, 0.2) is 69.3 Å². The van der Waals surface area contributed by atoms with Crippen molar-refractivity contribution in [1.82, 2.24) is 9.62 Å². The molecule has 0 unspecified atom stereocenters.